The van der Waals surface area contributed by atoms with Crippen LogP contribution < -0.4 is 21.3 Å². The lowest BCUT2D eigenvalue weighted by molar-refractivity contribution is 0.436. The Bertz CT molecular complexity index is 1710. The van der Waals surface area contributed by atoms with Gasteiger partial charge in [0.25, 0.3) is 0 Å². The van der Waals surface area contributed by atoms with E-state index in [0.29, 0.717) is 40.3 Å². The predicted molar refractivity (Wildman–Crippen MR) is 146 cm³/mol. The number of piperidine rings is 1. The number of rotatable bonds is 5. The van der Waals surface area contributed by atoms with Crippen LogP contribution in [0.15, 0.2) is 24.4 Å². The van der Waals surface area contributed by atoms with Gasteiger partial charge in [0, 0.05) is 31.1 Å². The molecule has 2 aliphatic rings. The van der Waals surface area contributed by atoms with E-state index in [0.717, 1.165) is 40.7 Å². The van der Waals surface area contributed by atoms with Gasteiger partial charge in [-0.25, -0.2) is 14.1 Å². The molecule has 5 heterocycles. The van der Waals surface area contributed by atoms with Crippen LogP contribution in [0.25, 0.3) is 33.1 Å². The van der Waals surface area contributed by atoms with Crippen LogP contribution >= 0.6 is 0 Å². The molecule has 1 aliphatic heterocycles. The first kappa shape index (κ1) is 23.1. The summed E-state index contributed by atoms with van der Waals surface area (Å²) in [5.74, 6) is 1.73. The van der Waals surface area contributed by atoms with Crippen molar-refractivity contribution in [2.24, 2.45) is 17.6 Å². The molecule has 38 heavy (non-hydrogen) atoms. The zero-order chi connectivity index (χ0) is 26.3. The molecule has 1 saturated carbocycles. The number of hydrogen-bond acceptors (Lipinski definition) is 9. The second-order valence-electron chi connectivity index (χ2n) is 10.8. The molecular formula is C26H30FN11. The molecule has 0 spiro atoms. The van der Waals surface area contributed by atoms with E-state index in [4.69, 9.17) is 15.7 Å². The van der Waals surface area contributed by atoms with Gasteiger partial charge in [-0.1, -0.05) is 12.1 Å². The minimum atomic E-state index is -0.317. The van der Waals surface area contributed by atoms with Gasteiger partial charge in [-0.15, -0.1) is 5.10 Å². The highest BCUT2D eigenvalue weighted by molar-refractivity contribution is 6.15. The molecule has 5 N–H and O–H groups in total. The van der Waals surface area contributed by atoms with Gasteiger partial charge >= 0.3 is 0 Å². The fraction of sp³-hybridized carbons (Fsp3) is 0.423. The Morgan fingerprint density at radius 3 is 2.76 bits per heavy atom. The van der Waals surface area contributed by atoms with Gasteiger partial charge in [0.2, 0.25) is 5.95 Å². The van der Waals surface area contributed by atoms with Gasteiger partial charge in [0.05, 0.1) is 34.5 Å². The number of hydrogen-bond donors (Lipinski definition) is 4. The fourth-order valence-corrected chi connectivity index (χ4v) is 6.35. The second-order valence-corrected chi connectivity index (χ2v) is 10.8. The lowest BCUT2D eigenvalue weighted by Gasteiger charge is -2.31. The normalized spacial score (nSPS) is 23.0. The van der Waals surface area contributed by atoms with E-state index in [2.05, 4.69) is 42.7 Å². The van der Waals surface area contributed by atoms with Crippen LogP contribution in [-0.4, -0.2) is 60.6 Å². The molecule has 0 amide bonds. The SMILES string of the molecule is CNc1cc(F)cc2c1[nH]c1nc(Nc3cnc4c(c3)nnn4C(C)C)nc(N3C[C@@H]4[C@H](N)CC3[C@@H]4C)c12. The fourth-order valence-electron chi connectivity index (χ4n) is 6.35. The van der Waals surface area contributed by atoms with Crippen molar-refractivity contribution in [2.75, 3.05) is 29.1 Å². The van der Waals surface area contributed by atoms with Crippen LogP contribution in [0.3, 0.4) is 0 Å². The second kappa shape index (κ2) is 8.22. The van der Waals surface area contributed by atoms with Crippen LogP contribution in [0.5, 0.6) is 0 Å². The van der Waals surface area contributed by atoms with Crippen molar-refractivity contribution in [3.05, 3.63) is 30.2 Å². The Labute approximate surface area is 218 Å². The summed E-state index contributed by atoms with van der Waals surface area (Å²) in [6.07, 6.45) is 2.64. The molecule has 196 valence electrons. The van der Waals surface area contributed by atoms with Crippen LogP contribution in [0.4, 0.5) is 27.5 Å². The average molecular weight is 516 g/mol. The van der Waals surface area contributed by atoms with Crippen LogP contribution in [0, 0.1) is 17.7 Å². The molecule has 2 bridgehead atoms. The number of nitrogens with two attached hydrogens (primary N) is 1. The van der Waals surface area contributed by atoms with Gasteiger partial charge in [0.1, 0.15) is 22.8 Å². The number of nitrogens with one attached hydrogen (secondary N) is 3. The van der Waals surface area contributed by atoms with Gasteiger partial charge in [0.15, 0.2) is 5.65 Å². The molecule has 5 aromatic rings. The Kier molecular flexibility index (Phi) is 4.99. The summed E-state index contributed by atoms with van der Waals surface area (Å²) < 4.78 is 16.4. The number of halogens is 1. The lowest BCUT2D eigenvalue weighted by Crippen LogP contribution is -2.41. The van der Waals surface area contributed by atoms with Crippen LogP contribution in [0.2, 0.25) is 0 Å². The topological polar surface area (TPSA) is 138 Å². The summed E-state index contributed by atoms with van der Waals surface area (Å²) in [6.45, 7) is 7.15. The van der Waals surface area contributed by atoms with Gasteiger partial charge in [-0.3, -0.25) is 0 Å². The van der Waals surface area contributed by atoms with Crippen molar-refractivity contribution in [1.82, 2.24) is 34.9 Å². The summed E-state index contributed by atoms with van der Waals surface area (Å²) >= 11 is 0. The number of benzene rings is 1. The van der Waals surface area contributed by atoms with E-state index >= 15 is 0 Å². The van der Waals surface area contributed by atoms with Crippen molar-refractivity contribution < 1.29 is 4.39 Å². The maximum absolute atomic E-state index is 14.7. The molecule has 7 rings (SSSR count). The minimum absolute atomic E-state index is 0.153. The van der Waals surface area contributed by atoms with E-state index in [1.807, 2.05) is 19.9 Å². The zero-order valence-corrected chi connectivity index (χ0v) is 21.7. The third-order valence-corrected chi connectivity index (χ3v) is 8.26. The molecule has 1 saturated heterocycles. The quantitative estimate of drug-likeness (QED) is 0.274. The standard InChI is InChI=1S/C26H30FN11/c1-11(2)38-24-19(35-36-38)7-14(9-30-24)31-26-33-23-21(15-5-13(27)6-18(29-4)22(15)32-23)25(34-26)37-10-16-12(3)20(37)8-17(16)28/h5-7,9,11-12,16-17,20,29H,8,10,28H2,1-4H3,(H2,31,32,33,34)/t12-,16+,17-,20?/m1/s1. The highest BCUT2D eigenvalue weighted by Gasteiger charge is 2.49. The Morgan fingerprint density at radius 1 is 1.21 bits per heavy atom. The molecule has 4 aromatic heterocycles. The molecule has 11 nitrogen and oxygen atoms in total. The van der Waals surface area contributed by atoms with Gasteiger partial charge in [-0.2, -0.15) is 9.97 Å². The largest absolute Gasteiger partial charge is 0.386 e. The van der Waals surface area contributed by atoms with Crippen LogP contribution in [-0.2, 0) is 0 Å². The van der Waals surface area contributed by atoms with Crippen LogP contribution in [0.1, 0.15) is 33.2 Å². The number of aromatic nitrogens is 7. The summed E-state index contributed by atoms with van der Waals surface area (Å²) in [6, 6.07) is 5.53. The highest BCUT2D eigenvalue weighted by Crippen LogP contribution is 2.46. The first-order valence-corrected chi connectivity index (χ1v) is 13.0. The van der Waals surface area contributed by atoms with E-state index in [1.165, 1.54) is 6.07 Å². The number of anilines is 4. The van der Waals surface area contributed by atoms with E-state index < -0.39 is 0 Å². The monoisotopic (exact) mass is 515 g/mol. The maximum atomic E-state index is 14.7. The minimum Gasteiger partial charge on any atom is -0.386 e. The summed E-state index contributed by atoms with van der Waals surface area (Å²) in [5.41, 5.74) is 10.6. The first-order valence-electron chi connectivity index (χ1n) is 13.0. The Morgan fingerprint density at radius 2 is 2.05 bits per heavy atom. The first-order chi connectivity index (χ1) is 18.3. The Hall–Kier alpha value is -4.06. The molecular weight excluding hydrogens is 485 g/mol. The lowest BCUT2D eigenvalue weighted by atomic mass is 9.98. The molecule has 0 radical (unpaired) electrons. The molecule has 1 aromatic carbocycles. The molecule has 1 unspecified atom stereocenters. The third-order valence-electron chi connectivity index (χ3n) is 8.26. The summed E-state index contributed by atoms with van der Waals surface area (Å²) in [4.78, 5) is 20.1. The number of fused-ring (bicyclic) bond motifs is 6. The predicted octanol–water partition coefficient (Wildman–Crippen LogP) is 3.93. The number of pyridine rings is 1. The van der Waals surface area contributed by atoms with E-state index in [1.54, 1.807) is 24.0 Å². The summed E-state index contributed by atoms with van der Waals surface area (Å²) in [5, 5.41) is 16.5. The van der Waals surface area contributed by atoms with Crippen molar-refractivity contribution in [1.29, 1.82) is 0 Å². The van der Waals surface area contributed by atoms with Crippen molar-refractivity contribution in [3.8, 4) is 0 Å². The molecule has 1 aliphatic carbocycles. The maximum Gasteiger partial charge on any atom is 0.231 e. The number of H-pyrrole nitrogens is 1. The average Bonchev–Trinajstić information content (AvgIpc) is 3.62. The molecule has 4 atom stereocenters. The highest BCUT2D eigenvalue weighted by atomic mass is 19.1. The van der Waals surface area contributed by atoms with Crippen molar-refractivity contribution in [2.45, 2.75) is 45.3 Å². The van der Waals surface area contributed by atoms with Crippen molar-refractivity contribution in [3.63, 3.8) is 0 Å². The van der Waals surface area contributed by atoms with Crippen molar-refractivity contribution >= 4 is 56.2 Å². The Balaban J connectivity index is 1.38. The smallest absolute Gasteiger partial charge is 0.231 e. The zero-order valence-electron chi connectivity index (χ0n) is 21.7. The summed E-state index contributed by atoms with van der Waals surface area (Å²) in [7, 11) is 1.78. The number of nitrogens with zero attached hydrogens (tertiary/aromatic N) is 7. The number of aromatic amines is 1. The van der Waals surface area contributed by atoms with E-state index in [9.17, 15) is 4.39 Å². The van der Waals surface area contributed by atoms with Gasteiger partial charge in [-0.05, 0) is 50.3 Å². The molecule has 2 fully saturated rings. The molecule has 12 heteroatoms. The third kappa shape index (κ3) is 3.32. The van der Waals surface area contributed by atoms with E-state index in [-0.39, 0.29) is 23.9 Å². The van der Waals surface area contributed by atoms with Gasteiger partial charge < -0.3 is 26.3 Å².